The van der Waals surface area contributed by atoms with Crippen LogP contribution in [0, 0.1) is 6.92 Å². The Hall–Kier alpha value is -2.71. The highest BCUT2D eigenvalue weighted by Gasteiger charge is 2.31. The van der Waals surface area contributed by atoms with Crippen molar-refractivity contribution in [2.24, 2.45) is 10.7 Å². The van der Waals surface area contributed by atoms with Gasteiger partial charge in [0.2, 0.25) is 0 Å². The zero-order chi connectivity index (χ0) is 23.0. The van der Waals surface area contributed by atoms with E-state index in [9.17, 15) is 4.79 Å². The average Bonchev–Trinajstić information content (AvgIpc) is 3.42. The summed E-state index contributed by atoms with van der Waals surface area (Å²) in [6.07, 6.45) is 5.25. The molecule has 4 rings (SSSR count). The fourth-order valence-electron chi connectivity index (χ4n) is 4.65. The smallest absolute Gasteiger partial charge is 0.264 e. The molecule has 1 fully saturated rings. The lowest BCUT2D eigenvalue weighted by atomic mass is 9.99. The number of nitrogens with one attached hydrogen (secondary N) is 1. The highest BCUT2D eigenvalue weighted by molar-refractivity contribution is 7.21. The number of aliphatic imine (C=N–C) groups is 1. The van der Waals surface area contributed by atoms with Crippen LogP contribution in [0.5, 0.6) is 0 Å². The van der Waals surface area contributed by atoms with Gasteiger partial charge in [-0.25, -0.2) is 9.98 Å². The summed E-state index contributed by atoms with van der Waals surface area (Å²) < 4.78 is 1.16. The standard InChI is InChI=1S/C24H32N6OS/c1-14(2)20-21(16-9-15(3)23(26-11-16)27-13-25)28-18-10-19(32-22(18)20)24(31)30-8-6-7-17(30)12-29(4)5/h9-11,13-14,17,28H,6-8,12H2,1-5H3,(H2,25,26,27)/t17-/m0/s1. The number of hydrogen-bond acceptors (Lipinski definition) is 5. The Morgan fingerprint density at radius 3 is 2.88 bits per heavy atom. The van der Waals surface area contributed by atoms with Gasteiger partial charge in [0.05, 0.1) is 27.1 Å². The van der Waals surface area contributed by atoms with Gasteiger partial charge in [-0.2, -0.15) is 0 Å². The number of carbonyl (C=O) groups is 1. The highest BCUT2D eigenvalue weighted by atomic mass is 32.1. The molecular formula is C24H32N6OS. The van der Waals surface area contributed by atoms with E-state index in [-0.39, 0.29) is 5.91 Å². The number of aromatic amines is 1. The lowest BCUT2D eigenvalue weighted by molar-refractivity contribution is 0.0721. The minimum absolute atomic E-state index is 0.154. The van der Waals surface area contributed by atoms with E-state index in [0.717, 1.165) is 57.8 Å². The molecule has 7 nitrogen and oxygen atoms in total. The van der Waals surface area contributed by atoms with Crippen LogP contribution < -0.4 is 5.73 Å². The predicted molar refractivity (Wildman–Crippen MR) is 133 cm³/mol. The summed E-state index contributed by atoms with van der Waals surface area (Å²) >= 11 is 1.60. The van der Waals surface area contributed by atoms with E-state index in [1.807, 2.05) is 19.2 Å². The van der Waals surface area contributed by atoms with Gasteiger partial charge in [0.25, 0.3) is 5.91 Å². The van der Waals surface area contributed by atoms with Crippen molar-refractivity contribution in [1.29, 1.82) is 0 Å². The molecule has 0 unspecified atom stereocenters. The molecule has 4 heterocycles. The summed E-state index contributed by atoms with van der Waals surface area (Å²) in [5.41, 5.74) is 10.7. The maximum absolute atomic E-state index is 13.4. The summed E-state index contributed by atoms with van der Waals surface area (Å²) in [6, 6.07) is 4.40. The summed E-state index contributed by atoms with van der Waals surface area (Å²) in [5.74, 6) is 1.08. The Bertz CT molecular complexity index is 1160. The number of nitrogens with two attached hydrogens (primary N) is 1. The molecule has 0 saturated carbocycles. The average molecular weight is 453 g/mol. The molecule has 0 bridgehead atoms. The molecule has 0 spiro atoms. The van der Waals surface area contributed by atoms with Gasteiger partial charge in [-0.1, -0.05) is 13.8 Å². The zero-order valence-corrected chi connectivity index (χ0v) is 20.3. The van der Waals surface area contributed by atoms with Crippen LogP contribution in [0.4, 0.5) is 5.82 Å². The molecule has 1 amide bonds. The molecule has 0 radical (unpaired) electrons. The first-order chi connectivity index (χ1) is 15.3. The van der Waals surface area contributed by atoms with Crippen LogP contribution in [-0.4, -0.2) is 65.2 Å². The number of amides is 1. The number of likely N-dealkylation sites (tertiary alicyclic amines) is 1. The lowest BCUT2D eigenvalue weighted by Crippen LogP contribution is -2.41. The number of fused-ring (bicyclic) bond motifs is 1. The molecule has 1 saturated heterocycles. The second-order valence-corrected chi connectivity index (χ2v) is 10.2. The molecule has 32 heavy (non-hydrogen) atoms. The largest absolute Gasteiger partial charge is 0.390 e. The number of thiophene rings is 1. The van der Waals surface area contributed by atoms with Crippen LogP contribution >= 0.6 is 11.3 Å². The van der Waals surface area contributed by atoms with E-state index < -0.39 is 0 Å². The van der Waals surface area contributed by atoms with E-state index in [1.54, 1.807) is 11.3 Å². The van der Waals surface area contributed by atoms with Crippen LogP contribution in [0.2, 0.25) is 0 Å². The molecule has 3 aromatic heterocycles. The minimum atomic E-state index is 0.154. The van der Waals surface area contributed by atoms with Crippen molar-refractivity contribution in [2.45, 2.75) is 45.6 Å². The Balaban J connectivity index is 1.70. The van der Waals surface area contributed by atoms with Gasteiger partial charge in [-0.15, -0.1) is 11.3 Å². The SMILES string of the molecule is Cc1cc(-c2[nH]c3cc(C(=O)N4CCC[C@H]4CN(C)C)sc3c2C(C)C)cnc1N=CN. The van der Waals surface area contributed by atoms with Crippen molar-refractivity contribution in [3.63, 3.8) is 0 Å². The van der Waals surface area contributed by atoms with Crippen LogP contribution in [-0.2, 0) is 0 Å². The van der Waals surface area contributed by atoms with E-state index in [4.69, 9.17) is 5.73 Å². The molecule has 1 aliphatic rings. The first-order valence-corrected chi connectivity index (χ1v) is 11.9. The highest BCUT2D eigenvalue weighted by Crippen LogP contribution is 2.41. The van der Waals surface area contributed by atoms with Crippen molar-refractivity contribution < 1.29 is 4.79 Å². The Morgan fingerprint density at radius 2 is 2.22 bits per heavy atom. The van der Waals surface area contributed by atoms with E-state index in [0.29, 0.717) is 17.8 Å². The molecule has 0 aliphatic carbocycles. The Labute approximate surface area is 193 Å². The Kier molecular flexibility index (Phi) is 6.35. The van der Waals surface area contributed by atoms with Crippen LogP contribution in [0.25, 0.3) is 21.5 Å². The van der Waals surface area contributed by atoms with Gasteiger partial charge in [0.15, 0.2) is 5.82 Å². The molecular weight excluding hydrogens is 420 g/mol. The maximum Gasteiger partial charge on any atom is 0.264 e. The van der Waals surface area contributed by atoms with E-state index >= 15 is 0 Å². The zero-order valence-electron chi connectivity index (χ0n) is 19.5. The van der Waals surface area contributed by atoms with Gasteiger partial charge in [0.1, 0.15) is 0 Å². The summed E-state index contributed by atoms with van der Waals surface area (Å²) in [7, 11) is 4.13. The third kappa shape index (κ3) is 4.17. The summed E-state index contributed by atoms with van der Waals surface area (Å²) in [6.45, 7) is 8.11. The van der Waals surface area contributed by atoms with Crippen molar-refractivity contribution >= 4 is 39.6 Å². The van der Waals surface area contributed by atoms with Gasteiger partial charge >= 0.3 is 0 Å². The number of aryl methyl sites for hydroxylation is 1. The minimum Gasteiger partial charge on any atom is -0.390 e. The van der Waals surface area contributed by atoms with E-state index in [1.165, 1.54) is 11.9 Å². The summed E-state index contributed by atoms with van der Waals surface area (Å²) in [5, 5.41) is 0. The van der Waals surface area contributed by atoms with Crippen molar-refractivity contribution in [2.75, 3.05) is 27.2 Å². The van der Waals surface area contributed by atoms with Crippen molar-refractivity contribution in [3.05, 3.63) is 34.3 Å². The number of carbonyl (C=O) groups excluding carboxylic acids is 1. The first kappa shape index (κ1) is 22.5. The fourth-order valence-corrected chi connectivity index (χ4v) is 5.92. The van der Waals surface area contributed by atoms with Gasteiger partial charge in [0, 0.05) is 30.9 Å². The summed E-state index contributed by atoms with van der Waals surface area (Å²) in [4.78, 5) is 30.6. The number of aromatic nitrogens is 2. The molecule has 1 atom stereocenters. The van der Waals surface area contributed by atoms with Gasteiger partial charge < -0.3 is 20.5 Å². The van der Waals surface area contributed by atoms with Crippen molar-refractivity contribution in [3.8, 4) is 11.3 Å². The predicted octanol–water partition coefficient (Wildman–Crippen LogP) is 4.51. The monoisotopic (exact) mass is 452 g/mol. The van der Waals surface area contributed by atoms with Crippen LogP contribution in [0.1, 0.15) is 53.4 Å². The maximum atomic E-state index is 13.4. The molecule has 3 N–H and O–H groups in total. The molecule has 170 valence electrons. The third-order valence-electron chi connectivity index (χ3n) is 6.04. The quantitative estimate of drug-likeness (QED) is 0.425. The second kappa shape index (κ2) is 9.03. The van der Waals surface area contributed by atoms with Crippen LogP contribution in [0.15, 0.2) is 23.3 Å². The van der Waals surface area contributed by atoms with Gasteiger partial charge in [-0.05, 0) is 63.0 Å². The topological polar surface area (TPSA) is 90.6 Å². The molecule has 8 heteroatoms. The van der Waals surface area contributed by atoms with Gasteiger partial charge in [-0.3, -0.25) is 4.79 Å². The lowest BCUT2D eigenvalue weighted by Gasteiger charge is -2.26. The molecule has 0 aromatic carbocycles. The molecule has 1 aliphatic heterocycles. The first-order valence-electron chi connectivity index (χ1n) is 11.1. The third-order valence-corrected chi connectivity index (χ3v) is 7.20. The fraction of sp³-hybridized carbons (Fsp3) is 0.458. The van der Waals surface area contributed by atoms with Crippen molar-refractivity contribution in [1.82, 2.24) is 19.8 Å². The number of hydrogen-bond donors (Lipinski definition) is 2. The second-order valence-electron chi connectivity index (χ2n) is 9.12. The molecule has 3 aromatic rings. The normalized spacial score (nSPS) is 17.0. The number of nitrogens with zero attached hydrogens (tertiary/aromatic N) is 4. The Morgan fingerprint density at radius 1 is 1.44 bits per heavy atom. The number of likely N-dealkylation sites (N-methyl/N-ethyl adjacent to an activating group) is 1. The van der Waals surface area contributed by atoms with Crippen LogP contribution in [0.3, 0.4) is 0 Å². The number of pyridine rings is 1. The number of H-pyrrole nitrogens is 1. The van der Waals surface area contributed by atoms with E-state index in [2.05, 4.69) is 58.8 Å². The number of rotatable bonds is 6.